The molecule has 1 heterocycles. The maximum absolute atomic E-state index is 11.8. The number of hydrogen-bond donors (Lipinski definition) is 2. The van der Waals surface area contributed by atoms with Gasteiger partial charge in [0.25, 0.3) is 0 Å². The van der Waals surface area contributed by atoms with Gasteiger partial charge in [-0.05, 0) is 33.8 Å². The molecular formula is C13H19BrClN3O. The van der Waals surface area contributed by atoms with E-state index in [0.717, 1.165) is 6.42 Å². The second-order valence-electron chi connectivity index (χ2n) is 5.77. The summed E-state index contributed by atoms with van der Waals surface area (Å²) in [6, 6.07) is 1.56. The second kappa shape index (κ2) is 6.68. The Morgan fingerprint density at radius 3 is 2.74 bits per heavy atom. The molecule has 0 saturated heterocycles. The van der Waals surface area contributed by atoms with Crippen molar-refractivity contribution in [3.8, 4) is 0 Å². The number of nitrogens with two attached hydrogens (primary N) is 1. The van der Waals surface area contributed by atoms with Gasteiger partial charge in [-0.2, -0.15) is 0 Å². The minimum absolute atomic E-state index is 0.116. The molecule has 6 heteroatoms. The molecule has 4 nitrogen and oxygen atoms in total. The van der Waals surface area contributed by atoms with Crippen LogP contribution in [0.4, 0.5) is 5.69 Å². The average Bonchev–Trinajstić information content (AvgIpc) is 2.20. The third-order valence-corrected chi connectivity index (χ3v) is 3.54. The number of nitrogens with one attached hydrogen (secondary N) is 1. The lowest BCUT2D eigenvalue weighted by atomic mass is 9.87. The molecule has 1 unspecified atom stereocenters. The number of carbonyl (C=O) groups excluding carboxylic acids is 1. The molecule has 1 aromatic rings. The Bertz CT molecular complexity index is 460. The molecule has 0 aliphatic rings. The van der Waals surface area contributed by atoms with Crippen LogP contribution in [-0.2, 0) is 4.79 Å². The summed E-state index contributed by atoms with van der Waals surface area (Å²) in [6.07, 6.45) is 2.60. The Labute approximate surface area is 127 Å². The molecule has 1 aromatic heterocycles. The summed E-state index contributed by atoms with van der Waals surface area (Å²) in [5.41, 5.74) is 6.68. The van der Waals surface area contributed by atoms with Crippen LogP contribution in [0.1, 0.15) is 33.6 Å². The van der Waals surface area contributed by atoms with Crippen molar-refractivity contribution in [1.29, 1.82) is 0 Å². The fourth-order valence-electron chi connectivity index (χ4n) is 1.80. The first-order chi connectivity index (χ1) is 8.67. The molecule has 0 radical (unpaired) electrons. The van der Waals surface area contributed by atoms with Gasteiger partial charge in [0.15, 0.2) is 0 Å². The van der Waals surface area contributed by atoms with Crippen LogP contribution < -0.4 is 11.1 Å². The molecule has 0 spiro atoms. The molecule has 106 valence electrons. The third-order valence-electron chi connectivity index (χ3n) is 2.40. The van der Waals surface area contributed by atoms with E-state index in [1.165, 1.54) is 6.20 Å². The molecular weight excluding hydrogens is 330 g/mol. The minimum atomic E-state index is -0.149. The summed E-state index contributed by atoms with van der Waals surface area (Å²) in [4.78, 5) is 15.8. The van der Waals surface area contributed by atoms with E-state index in [1.807, 2.05) is 0 Å². The Balaban J connectivity index is 2.53. The molecule has 0 fully saturated rings. The van der Waals surface area contributed by atoms with Crippen LogP contribution >= 0.6 is 27.5 Å². The molecule has 0 aliphatic heterocycles. The third kappa shape index (κ3) is 6.36. The summed E-state index contributed by atoms with van der Waals surface area (Å²) >= 11 is 9.04. The summed E-state index contributed by atoms with van der Waals surface area (Å²) in [5.74, 6) is -0.118. The van der Waals surface area contributed by atoms with Gasteiger partial charge in [0.1, 0.15) is 5.15 Å². The van der Waals surface area contributed by atoms with Gasteiger partial charge in [-0.15, -0.1) is 0 Å². The molecule has 1 amide bonds. The molecule has 0 aromatic carbocycles. The highest BCUT2D eigenvalue weighted by atomic mass is 79.9. The number of amides is 1. The normalized spacial score (nSPS) is 13.2. The standard InChI is InChI=1S/C13H19BrClN3O/c1-13(2,3)6-8(16)4-11(19)18-9-5-10(14)12(15)17-7-9/h5,7-8H,4,6,16H2,1-3H3,(H,18,19). The quantitative estimate of drug-likeness (QED) is 0.817. The Morgan fingerprint density at radius 2 is 2.21 bits per heavy atom. The van der Waals surface area contributed by atoms with E-state index in [2.05, 4.69) is 47.0 Å². The topological polar surface area (TPSA) is 68.0 Å². The Hall–Kier alpha value is -0.650. The van der Waals surface area contributed by atoms with Crippen LogP contribution in [-0.4, -0.2) is 16.9 Å². The van der Waals surface area contributed by atoms with Crippen molar-refractivity contribution in [1.82, 2.24) is 4.98 Å². The number of hydrogen-bond acceptors (Lipinski definition) is 3. The smallest absolute Gasteiger partial charge is 0.225 e. The minimum Gasteiger partial charge on any atom is -0.327 e. The van der Waals surface area contributed by atoms with Gasteiger partial charge in [0, 0.05) is 12.5 Å². The lowest BCUT2D eigenvalue weighted by Gasteiger charge is -2.22. The van der Waals surface area contributed by atoms with Crippen molar-refractivity contribution in [2.24, 2.45) is 11.1 Å². The first-order valence-electron chi connectivity index (χ1n) is 6.04. The molecule has 1 atom stereocenters. The molecule has 3 N–H and O–H groups in total. The van der Waals surface area contributed by atoms with Crippen molar-refractivity contribution in [2.75, 3.05) is 5.32 Å². The van der Waals surface area contributed by atoms with Crippen molar-refractivity contribution < 1.29 is 4.79 Å². The summed E-state index contributed by atoms with van der Waals surface area (Å²) in [7, 11) is 0. The van der Waals surface area contributed by atoms with Crippen molar-refractivity contribution in [3.05, 3.63) is 21.9 Å². The lowest BCUT2D eigenvalue weighted by molar-refractivity contribution is -0.116. The van der Waals surface area contributed by atoms with Crippen LogP contribution in [0.5, 0.6) is 0 Å². The zero-order valence-electron chi connectivity index (χ0n) is 11.3. The van der Waals surface area contributed by atoms with Gasteiger partial charge in [0.2, 0.25) is 5.91 Å². The van der Waals surface area contributed by atoms with E-state index in [-0.39, 0.29) is 23.8 Å². The van der Waals surface area contributed by atoms with E-state index in [0.29, 0.717) is 15.3 Å². The number of anilines is 1. The summed E-state index contributed by atoms with van der Waals surface area (Å²) in [6.45, 7) is 6.31. The van der Waals surface area contributed by atoms with E-state index >= 15 is 0 Å². The monoisotopic (exact) mass is 347 g/mol. The highest BCUT2D eigenvalue weighted by Gasteiger charge is 2.18. The summed E-state index contributed by atoms with van der Waals surface area (Å²) < 4.78 is 0.644. The van der Waals surface area contributed by atoms with Gasteiger partial charge in [-0.25, -0.2) is 4.98 Å². The maximum atomic E-state index is 11.8. The first-order valence-corrected chi connectivity index (χ1v) is 7.21. The number of nitrogens with zero attached hydrogens (tertiary/aromatic N) is 1. The molecule has 0 bridgehead atoms. The molecule has 0 aliphatic carbocycles. The lowest BCUT2D eigenvalue weighted by Crippen LogP contribution is -2.31. The van der Waals surface area contributed by atoms with Crippen LogP contribution in [0.3, 0.4) is 0 Å². The SMILES string of the molecule is CC(C)(C)CC(N)CC(=O)Nc1cnc(Cl)c(Br)c1. The van der Waals surface area contributed by atoms with E-state index in [1.54, 1.807) is 6.07 Å². The van der Waals surface area contributed by atoms with Crippen LogP contribution in [0, 0.1) is 5.41 Å². The van der Waals surface area contributed by atoms with Gasteiger partial charge in [-0.3, -0.25) is 4.79 Å². The van der Waals surface area contributed by atoms with Crippen molar-refractivity contribution in [3.63, 3.8) is 0 Å². The number of aromatic nitrogens is 1. The number of pyridine rings is 1. The van der Waals surface area contributed by atoms with Gasteiger partial charge in [-0.1, -0.05) is 32.4 Å². The zero-order valence-corrected chi connectivity index (χ0v) is 13.7. The van der Waals surface area contributed by atoms with Gasteiger partial charge < -0.3 is 11.1 Å². The Kier molecular flexibility index (Phi) is 5.77. The average molecular weight is 349 g/mol. The highest BCUT2D eigenvalue weighted by molar-refractivity contribution is 9.10. The Morgan fingerprint density at radius 1 is 1.58 bits per heavy atom. The van der Waals surface area contributed by atoms with E-state index < -0.39 is 0 Å². The van der Waals surface area contributed by atoms with Crippen LogP contribution in [0.2, 0.25) is 5.15 Å². The number of rotatable bonds is 4. The second-order valence-corrected chi connectivity index (χ2v) is 6.99. The fraction of sp³-hybridized carbons (Fsp3) is 0.538. The van der Waals surface area contributed by atoms with Crippen LogP contribution in [0.15, 0.2) is 16.7 Å². The predicted molar refractivity (Wildman–Crippen MR) is 82.2 cm³/mol. The van der Waals surface area contributed by atoms with Gasteiger partial charge >= 0.3 is 0 Å². The summed E-state index contributed by atoms with van der Waals surface area (Å²) in [5, 5.41) is 3.12. The van der Waals surface area contributed by atoms with Crippen molar-refractivity contribution >= 4 is 39.1 Å². The van der Waals surface area contributed by atoms with Crippen molar-refractivity contribution in [2.45, 2.75) is 39.7 Å². The predicted octanol–water partition coefficient (Wildman–Crippen LogP) is 3.59. The van der Waals surface area contributed by atoms with Crippen LogP contribution in [0.25, 0.3) is 0 Å². The van der Waals surface area contributed by atoms with Gasteiger partial charge in [0.05, 0.1) is 16.4 Å². The van der Waals surface area contributed by atoms with E-state index in [4.69, 9.17) is 17.3 Å². The molecule has 1 rings (SSSR count). The highest BCUT2D eigenvalue weighted by Crippen LogP contribution is 2.24. The largest absolute Gasteiger partial charge is 0.327 e. The fourth-order valence-corrected chi connectivity index (χ4v) is 2.25. The zero-order chi connectivity index (χ0) is 14.6. The number of carbonyl (C=O) groups is 1. The number of halogens is 2. The first kappa shape index (κ1) is 16.4. The van der Waals surface area contributed by atoms with E-state index in [9.17, 15) is 4.79 Å². The molecule has 0 saturated carbocycles. The molecule has 19 heavy (non-hydrogen) atoms. The maximum Gasteiger partial charge on any atom is 0.225 e.